The van der Waals surface area contributed by atoms with Gasteiger partial charge in [0.05, 0.1) is 4.47 Å². The molecule has 0 saturated heterocycles. The highest BCUT2D eigenvalue weighted by atomic mass is 79.9. The van der Waals surface area contributed by atoms with Gasteiger partial charge in [0.25, 0.3) is 0 Å². The van der Waals surface area contributed by atoms with Crippen LogP contribution in [0.25, 0.3) is 0 Å². The molecule has 0 amide bonds. The smallest absolute Gasteiger partial charge is 0.183 e. The molecule has 0 saturated carbocycles. The van der Waals surface area contributed by atoms with Crippen LogP contribution < -0.4 is 4.74 Å². The van der Waals surface area contributed by atoms with E-state index in [1.165, 1.54) is 12.4 Å². The molecule has 120 valence electrons. The van der Waals surface area contributed by atoms with Gasteiger partial charge in [0.15, 0.2) is 23.2 Å². The molecule has 1 heterocycles. The molecule has 0 aliphatic heterocycles. The van der Waals surface area contributed by atoms with E-state index in [9.17, 15) is 13.2 Å². The topological polar surface area (TPSA) is 22.1 Å². The Morgan fingerprint density at radius 3 is 2.17 bits per heavy atom. The predicted octanol–water partition coefficient (Wildman–Crippen LogP) is 4.84. The molecule has 2 aromatic rings. The predicted molar refractivity (Wildman–Crippen MR) is 84.6 cm³/mol. The van der Waals surface area contributed by atoms with Crippen LogP contribution in [0.4, 0.5) is 13.2 Å². The number of ether oxygens (including phenoxy) is 1. The van der Waals surface area contributed by atoms with Crippen LogP contribution in [0.5, 0.6) is 5.75 Å². The zero-order valence-corrected chi connectivity index (χ0v) is 14.3. The van der Waals surface area contributed by atoms with Crippen LogP contribution in [0.15, 0.2) is 29.0 Å². The van der Waals surface area contributed by atoms with Crippen molar-refractivity contribution in [1.29, 1.82) is 0 Å². The van der Waals surface area contributed by atoms with Crippen LogP contribution >= 0.6 is 15.9 Å². The summed E-state index contributed by atoms with van der Waals surface area (Å²) in [6.07, 6.45) is 3.02. The molecule has 0 aliphatic carbocycles. The average molecular weight is 384 g/mol. The Balaban J connectivity index is 2.64. The van der Waals surface area contributed by atoms with Gasteiger partial charge < -0.3 is 4.74 Å². The maximum absolute atomic E-state index is 14.3. The molecule has 2 nitrogen and oxygen atoms in total. The normalized spacial score (nSPS) is 10.9. The number of pyridine rings is 1. The van der Waals surface area contributed by atoms with Gasteiger partial charge in [-0.25, -0.2) is 13.2 Å². The summed E-state index contributed by atoms with van der Waals surface area (Å²) in [7, 11) is 0. The van der Waals surface area contributed by atoms with Crippen molar-refractivity contribution < 1.29 is 17.9 Å². The lowest BCUT2D eigenvalue weighted by atomic mass is 10.1. The third kappa shape index (κ3) is 4.05. The fraction of sp³-hybridized carbons (Fsp3) is 0.235. The first-order valence-electron chi connectivity index (χ1n) is 6.67. The van der Waals surface area contributed by atoms with Gasteiger partial charge in [-0.05, 0) is 48.8 Å². The largest absolute Gasteiger partial charge is 0.484 e. The molecule has 0 unspecified atom stereocenters. The Morgan fingerprint density at radius 2 is 1.61 bits per heavy atom. The Kier molecular flexibility index (Phi) is 5.00. The summed E-state index contributed by atoms with van der Waals surface area (Å²) in [6.45, 7) is 5.01. The molecule has 0 radical (unpaired) electrons. The van der Waals surface area contributed by atoms with Crippen LogP contribution in [0, 0.1) is 29.3 Å². The van der Waals surface area contributed by atoms with E-state index in [0.29, 0.717) is 5.56 Å². The highest BCUT2D eigenvalue weighted by molar-refractivity contribution is 9.10. The first-order valence-corrected chi connectivity index (χ1v) is 7.47. The summed E-state index contributed by atoms with van der Waals surface area (Å²) in [5, 5.41) is 0. The zero-order chi connectivity index (χ0) is 17.2. The van der Waals surface area contributed by atoms with Crippen LogP contribution in [0.3, 0.4) is 0 Å². The second-order valence-corrected chi connectivity index (χ2v) is 6.45. The van der Waals surface area contributed by atoms with E-state index in [0.717, 1.165) is 0 Å². The highest BCUT2D eigenvalue weighted by Gasteiger charge is 2.27. The van der Waals surface area contributed by atoms with Crippen molar-refractivity contribution in [3.63, 3.8) is 0 Å². The van der Waals surface area contributed by atoms with Crippen LogP contribution in [-0.4, -0.2) is 10.6 Å². The molecule has 2 rings (SSSR count). The third-order valence-corrected chi connectivity index (χ3v) is 3.34. The summed E-state index contributed by atoms with van der Waals surface area (Å²) in [5.41, 5.74) is -0.739. The molecule has 0 bridgehead atoms. The summed E-state index contributed by atoms with van der Waals surface area (Å²) in [6, 6.07) is 3.20. The number of hydrogen-bond donors (Lipinski definition) is 0. The Morgan fingerprint density at radius 1 is 1.00 bits per heavy atom. The number of benzene rings is 1. The SMILES string of the molecule is CC(C)(C)Oc1c(F)c(Br)c(F)c(F)c1C#Cc1ccncc1. The number of nitrogens with zero attached hydrogens (tertiary/aromatic N) is 1. The van der Waals surface area contributed by atoms with Crippen molar-refractivity contribution in [1.82, 2.24) is 4.98 Å². The molecule has 1 aromatic heterocycles. The molecular weight excluding hydrogens is 371 g/mol. The third-order valence-electron chi connectivity index (χ3n) is 2.64. The van der Waals surface area contributed by atoms with E-state index < -0.39 is 38.8 Å². The first-order chi connectivity index (χ1) is 10.7. The summed E-state index contributed by atoms with van der Waals surface area (Å²) < 4.78 is 47.1. The van der Waals surface area contributed by atoms with E-state index in [1.807, 2.05) is 0 Å². The minimum absolute atomic E-state index is 0.426. The van der Waals surface area contributed by atoms with Crippen molar-refractivity contribution in [3.8, 4) is 17.6 Å². The minimum atomic E-state index is -1.34. The Labute approximate surface area is 140 Å². The second kappa shape index (κ2) is 6.63. The average Bonchev–Trinajstić information content (AvgIpc) is 2.50. The van der Waals surface area contributed by atoms with E-state index in [-0.39, 0.29) is 0 Å². The van der Waals surface area contributed by atoms with Gasteiger partial charge in [0.2, 0.25) is 0 Å². The monoisotopic (exact) mass is 383 g/mol. The lowest BCUT2D eigenvalue weighted by molar-refractivity contribution is 0.122. The highest BCUT2D eigenvalue weighted by Crippen LogP contribution is 2.35. The lowest BCUT2D eigenvalue weighted by Crippen LogP contribution is -2.24. The summed E-state index contributed by atoms with van der Waals surface area (Å²) >= 11 is 2.69. The lowest BCUT2D eigenvalue weighted by Gasteiger charge is -2.23. The van der Waals surface area contributed by atoms with E-state index in [2.05, 4.69) is 32.8 Å². The number of halogens is 4. The van der Waals surface area contributed by atoms with E-state index in [1.54, 1.807) is 32.9 Å². The molecule has 0 atom stereocenters. The van der Waals surface area contributed by atoms with Gasteiger partial charge in [-0.2, -0.15) is 0 Å². The van der Waals surface area contributed by atoms with Gasteiger partial charge in [0, 0.05) is 18.0 Å². The second-order valence-electron chi connectivity index (χ2n) is 5.66. The summed E-state index contributed by atoms with van der Waals surface area (Å²) in [4.78, 5) is 3.83. The standard InChI is InChI=1S/C17H13BrF3NO/c1-17(2,3)23-16-11(5-4-10-6-8-22-9-7-10)13(19)14(20)12(18)15(16)21/h6-9H,1-3H3. The number of rotatable bonds is 1. The minimum Gasteiger partial charge on any atom is -0.484 e. The molecule has 6 heteroatoms. The van der Waals surface area contributed by atoms with Gasteiger partial charge in [0.1, 0.15) is 11.2 Å². The summed E-state index contributed by atoms with van der Waals surface area (Å²) in [5.74, 6) is 1.03. The van der Waals surface area contributed by atoms with E-state index >= 15 is 0 Å². The van der Waals surface area contributed by atoms with Gasteiger partial charge in [-0.3, -0.25) is 4.98 Å². The van der Waals surface area contributed by atoms with Crippen molar-refractivity contribution in [3.05, 3.63) is 57.6 Å². The van der Waals surface area contributed by atoms with Crippen LogP contribution in [-0.2, 0) is 0 Å². The van der Waals surface area contributed by atoms with Gasteiger partial charge in [-0.1, -0.05) is 11.8 Å². The number of hydrogen-bond acceptors (Lipinski definition) is 2. The molecule has 0 N–H and O–H groups in total. The van der Waals surface area contributed by atoms with Gasteiger partial charge >= 0.3 is 0 Å². The zero-order valence-electron chi connectivity index (χ0n) is 12.7. The molecule has 0 fully saturated rings. The van der Waals surface area contributed by atoms with Crippen LogP contribution in [0.1, 0.15) is 31.9 Å². The maximum atomic E-state index is 14.3. The first kappa shape index (κ1) is 17.4. The van der Waals surface area contributed by atoms with Gasteiger partial charge in [-0.15, -0.1) is 0 Å². The number of aromatic nitrogens is 1. The quantitative estimate of drug-likeness (QED) is 0.399. The Hall–Kier alpha value is -2.00. The molecule has 1 aromatic carbocycles. The van der Waals surface area contributed by atoms with Crippen LogP contribution in [0.2, 0.25) is 0 Å². The Bertz CT molecular complexity index is 790. The molecule has 23 heavy (non-hydrogen) atoms. The maximum Gasteiger partial charge on any atom is 0.183 e. The fourth-order valence-corrected chi connectivity index (χ4v) is 2.05. The van der Waals surface area contributed by atoms with E-state index in [4.69, 9.17) is 4.74 Å². The van der Waals surface area contributed by atoms with Crippen molar-refractivity contribution in [2.75, 3.05) is 0 Å². The molecule has 0 spiro atoms. The van der Waals surface area contributed by atoms with Crippen molar-refractivity contribution in [2.24, 2.45) is 0 Å². The molecular formula is C17H13BrF3NO. The fourth-order valence-electron chi connectivity index (χ4n) is 1.70. The van der Waals surface area contributed by atoms with Crippen molar-refractivity contribution >= 4 is 15.9 Å². The molecule has 0 aliphatic rings. The van der Waals surface area contributed by atoms with Crippen molar-refractivity contribution in [2.45, 2.75) is 26.4 Å².